The monoisotopic (exact) mass is 312 g/mol. The first kappa shape index (κ1) is 16.7. The predicted octanol–water partition coefficient (Wildman–Crippen LogP) is 3.94. The van der Waals surface area contributed by atoms with Crippen LogP contribution in [0, 0.1) is 17.7 Å². The Morgan fingerprint density at radius 1 is 1.33 bits per heavy atom. The van der Waals surface area contributed by atoms with Gasteiger partial charge in [-0.25, -0.2) is 4.39 Å². The second kappa shape index (κ2) is 8.11. The Morgan fingerprint density at radius 3 is 2.67 bits per heavy atom. The van der Waals surface area contributed by atoms with Gasteiger partial charge in [0.15, 0.2) is 0 Å². The number of hydrogen-bond acceptors (Lipinski definition) is 2. The highest BCUT2D eigenvalue weighted by Gasteiger charge is 2.19. The van der Waals surface area contributed by atoms with Gasteiger partial charge < -0.3 is 5.32 Å². The molecule has 0 spiro atoms. The van der Waals surface area contributed by atoms with Gasteiger partial charge in [0.1, 0.15) is 5.82 Å². The number of halogens is 2. The van der Waals surface area contributed by atoms with Crippen molar-refractivity contribution >= 4 is 11.6 Å². The van der Waals surface area contributed by atoms with Gasteiger partial charge in [-0.3, -0.25) is 4.90 Å². The van der Waals surface area contributed by atoms with E-state index in [2.05, 4.69) is 24.1 Å². The Bertz CT molecular complexity index is 442. The Morgan fingerprint density at radius 2 is 2.05 bits per heavy atom. The molecule has 4 heteroatoms. The zero-order chi connectivity index (χ0) is 15.2. The van der Waals surface area contributed by atoms with E-state index in [0.29, 0.717) is 10.9 Å². The second-order valence-corrected chi connectivity index (χ2v) is 6.91. The zero-order valence-electron chi connectivity index (χ0n) is 13.0. The van der Waals surface area contributed by atoms with Crippen molar-refractivity contribution in [1.29, 1.82) is 0 Å². The summed E-state index contributed by atoms with van der Waals surface area (Å²) >= 11 is 6.10. The smallest absolute Gasteiger partial charge is 0.124 e. The molecule has 0 atom stereocenters. The fourth-order valence-corrected chi connectivity index (χ4v) is 3.04. The van der Waals surface area contributed by atoms with E-state index in [4.69, 9.17) is 11.6 Å². The Kier molecular flexibility index (Phi) is 6.46. The molecule has 1 fully saturated rings. The molecule has 21 heavy (non-hydrogen) atoms. The van der Waals surface area contributed by atoms with E-state index in [1.807, 2.05) is 0 Å². The molecule has 1 aliphatic heterocycles. The average Bonchev–Trinajstić information content (AvgIpc) is 2.43. The minimum Gasteiger partial charge on any atom is -0.316 e. The van der Waals surface area contributed by atoms with Gasteiger partial charge in [0, 0.05) is 11.6 Å². The molecule has 0 aromatic heterocycles. The summed E-state index contributed by atoms with van der Waals surface area (Å²) in [5.74, 6) is 1.23. The minimum atomic E-state index is -0.265. The van der Waals surface area contributed by atoms with Crippen LogP contribution in [0.5, 0.6) is 0 Å². The number of hydrogen-bond donors (Lipinski definition) is 1. The van der Waals surface area contributed by atoms with Gasteiger partial charge in [-0.05, 0) is 68.6 Å². The van der Waals surface area contributed by atoms with Crippen LogP contribution in [-0.2, 0) is 6.54 Å². The van der Waals surface area contributed by atoms with Crippen molar-refractivity contribution in [3.63, 3.8) is 0 Å². The third-order valence-electron chi connectivity index (χ3n) is 4.10. The lowest BCUT2D eigenvalue weighted by Crippen LogP contribution is -2.37. The summed E-state index contributed by atoms with van der Waals surface area (Å²) < 4.78 is 13.0. The van der Waals surface area contributed by atoms with Gasteiger partial charge in [0.05, 0.1) is 0 Å². The summed E-state index contributed by atoms with van der Waals surface area (Å²) in [5, 5.41) is 4.09. The molecule has 0 saturated carbocycles. The lowest BCUT2D eigenvalue weighted by Gasteiger charge is -2.32. The van der Waals surface area contributed by atoms with Crippen LogP contribution in [0.4, 0.5) is 4.39 Å². The number of nitrogens with one attached hydrogen (secondary N) is 1. The van der Waals surface area contributed by atoms with Crippen molar-refractivity contribution < 1.29 is 4.39 Å². The molecular weight excluding hydrogens is 287 g/mol. The highest BCUT2D eigenvalue weighted by atomic mass is 35.5. The molecule has 2 nitrogen and oxygen atoms in total. The SMILES string of the molecule is CC(C)CNCC1CCN(Cc2ccc(F)cc2Cl)CC1. The molecule has 0 amide bonds. The highest BCUT2D eigenvalue weighted by Crippen LogP contribution is 2.22. The fourth-order valence-electron chi connectivity index (χ4n) is 2.82. The number of benzene rings is 1. The first-order chi connectivity index (χ1) is 10.0. The van der Waals surface area contributed by atoms with Crippen molar-refractivity contribution in [2.75, 3.05) is 26.2 Å². The maximum atomic E-state index is 13.0. The molecule has 1 aromatic rings. The first-order valence-electron chi connectivity index (χ1n) is 7.91. The normalized spacial score (nSPS) is 17.6. The molecule has 1 saturated heterocycles. The molecule has 2 rings (SSSR count). The van der Waals surface area contributed by atoms with Crippen LogP contribution in [0.2, 0.25) is 5.02 Å². The van der Waals surface area contributed by atoms with Crippen LogP contribution in [0.25, 0.3) is 0 Å². The Balaban J connectivity index is 1.74. The third kappa shape index (κ3) is 5.57. The first-order valence-corrected chi connectivity index (χ1v) is 8.29. The van der Waals surface area contributed by atoms with Gasteiger partial charge in [-0.1, -0.05) is 31.5 Å². The highest BCUT2D eigenvalue weighted by molar-refractivity contribution is 6.31. The molecule has 1 heterocycles. The summed E-state index contributed by atoms with van der Waals surface area (Å²) in [6, 6.07) is 4.69. The molecule has 0 unspecified atom stereocenters. The lowest BCUT2D eigenvalue weighted by atomic mass is 9.96. The van der Waals surface area contributed by atoms with Crippen molar-refractivity contribution in [2.24, 2.45) is 11.8 Å². The molecular formula is C17H26ClFN2. The molecule has 0 bridgehead atoms. The molecule has 1 aliphatic rings. The Hall–Kier alpha value is -0.640. The summed E-state index contributed by atoms with van der Waals surface area (Å²) in [6.45, 7) is 9.73. The van der Waals surface area contributed by atoms with Crippen LogP contribution in [-0.4, -0.2) is 31.1 Å². The van der Waals surface area contributed by atoms with E-state index in [1.165, 1.54) is 25.0 Å². The van der Waals surface area contributed by atoms with E-state index in [-0.39, 0.29) is 5.82 Å². The summed E-state index contributed by atoms with van der Waals surface area (Å²) in [4.78, 5) is 2.41. The molecule has 0 aliphatic carbocycles. The van der Waals surface area contributed by atoms with Crippen molar-refractivity contribution in [3.8, 4) is 0 Å². The molecule has 0 radical (unpaired) electrons. The van der Waals surface area contributed by atoms with Gasteiger partial charge >= 0.3 is 0 Å². The third-order valence-corrected chi connectivity index (χ3v) is 4.45. The van der Waals surface area contributed by atoms with Crippen molar-refractivity contribution in [1.82, 2.24) is 10.2 Å². The lowest BCUT2D eigenvalue weighted by molar-refractivity contribution is 0.175. The van der Waals surface area contributed by atoms with Crippen molar-refractivity contribution in [2.45, 2.75) is 33.2 Å². The van der Waals surface area contributed by atoms with Gasteiger partial charge in [0.2, 0.25) is 0 Å². The van der Waals surface area contributed by atoms with Crippen LogP contribution >= 0.6 is 11.6 Å². The number of nitrogens with zero attached hydrogens (tertiary/aromatic N) is 1. The van der Waals surface area contributed by atoms with Gasteiger partial charge in [0.25, 0.3) is 0 Å². The van der Waals surface area contributed by atoms with Crippen LogP contribution < -0.4 is 5.32 Å². The standard InChI is InChI=1S/C17H26ClFN2/c1-13(2)10-20-11-14-5-7-21(8-6-14)12-15-3-4-16(19)9-17(15)18/h3-4,9,13-14,20H,5-8,10-12H2,1-2H3. The minimum absolute atomic E-state index is 0.265. The number of likely N-dealkylation sites (tertiary alicyclic amines) is 1. The zero-order valence-corrected chi connectivity index (χ0v) is 13.8. The maximum absolute atomic E-state index is 13.0. The Labute approximate surface area is 132 Å². The van der Waals surface area contributed by atoms with E-state index < -0.39 is 0 Å². The van der Waals surface area contributed by atoms with E-state index in [9.17, 15) is 4.39 Å². The van der Waals surface area contributed by atoms with Crippen molar-refractivity contribution in [3.05, 3.63) is 34.6 Å². The topological polar surface area (TPSA) is 15.3 Å². The van der Waals surface area contributed by atoms with E-state index >= 15 is 0 Å². The molecule has 1 aromatic carbocycles. The van der Waals surface area contributed by atoms with Gasteiger partial charge in [-0.2, -0.15) is 0 Å². The van der Waals surface area contributed by atoms with Gasteiger partial charge in [-0.15, -0.1) is 0 Å². The second-order valence-electron chi connectivity index (χ2n) is 6.51. The summed E-state index contributed by atoms with van der Waals surface area (Å²) in [5.41, 5.74) is 1.02. The van der Waals surface area contributed by atoms with Crippen LogP contribution in [0.15, 0.2) is 18.2 Å². The number of piperidine rings is 1. The van der Waals surface area contributed by atoms with E-state index in [0.717, 1.165) is 44.2 Å². The summed E-state index contributed by atoms with van der Waals surface area (Å²) in [6.07, 6.45) is 2.45. The number of rotatable bonds is 6. The van der Waals surface area contributed by atoms with E-state index in [1.54, 1.807) is 6.07 Å². The maximum Gasteiger partial charge on any atom is 0.124 e. The van der Waals surface area contributed by atoms with Crippen LogP contribution in [0.3, 0.4) is 0 Å². The largest absolute Gasteiger partial charge is 0.316 e. The molecule has 118 valence electrons. The summed E-state index contributed by atoms with van der Waals surface area (Å²) in [7, 11) is 0. The fraction of sp³-hybridized carbons (Fsp3) is 0.647. The quantitative estimate of drug-likeness (QED) is 0.856. The molecule has 1 N–H and O–H groups in total. The average molecular weight is 313 g/mol. The van der Waals surface area contributed by atoms with Crippen LogP contribution in [0.1, 0.15) is 32.3 Å². The predicted molar refractivity (Wildman–Crippen MR) is 87.1 cm³/mol.